The third-order valence-corrected chi connectivity index (χ3v) is 4.38. The van der Waals surface area contributed by atoms with Crippen LogP contribution in [-0.4, -0.2) is 22.0 Å². The SMILES string of the molecule is O=C(O)C1CCCCC1N1Cc2ccccc2C1. The molecule has 0 aromatic heterocycles. The first-order valence-electron chi connectivity index (χ1n) is 6.79. The van der Waals surface area contributed by atoms with Gasteiger partial charge in [-0.2, -0.15) is 0 Å². The van der Waals surface area contributed by atoms with Crippen molar-refractivity contribution in [3.05, 3.63) is 35.4 Å². The van der Waals surface area contributed by atoms with Crippen LogP contribution in [0.15, 0.2) is 24.3 Å². The molecule has 0 bridgehead atoms. The van der Waals surface area contributed by atoms with Gasteiger partial charge in [0.25, 0.3) is 0 Å². The first-order valence-corrected chi connectivity index (χ1v) is 6.79. The number of hydrogen-bond acceptors (Lipinski definition) is 2. The summed E-state index contributed by atoms with van der Waals surface area (Å²) >= 11 is 0. The number of carbonyl (C=O) groups is 1. The lowest BCUT2D eigenvalue weighted by atomic mass is 9.83. The summed E-state index contributed by atoms with van der Waals surface area (Å²) in [6.45, 7) is 1.84. The highest BCUT2D eigenvalue weighted by Gasteiger charge is 2.36. The van der Waals surface area contributed by atoms with E-state index in [1.54, 1.807) is 0 Å². The first kappa shape index (κ1) is 11.7. The molecule has 2 unspecified atom stereocenters. The second kappa shape index (κ2) is 4.73. The van der Waals surface area contributed by atoms with Crippen molar-refractivity contribution in [2.24, 2.45) is 5.92 Å². The van der Waals surface area contributed by atoms with Gasteiger partial charge in [-0.3, -0.25) is 9.69 Å². The molecular formula is C15H19NO2. The maximum Gasteiger partial charge on any atom is 0.308 e. The summed E-state index contributed by atoms with van der Waals surface area (Å²) in [5.74, 6) is -0.788. The number of benzene rings is 1. The molecule has 0 spiro atoms. The molecule has 3 heteroatoms. The summed E-state index contributed by atoms with van der Waals surface area (Å²) < 4.78 is 0. The monoisotopic (exact) mass is 245 g/mol. The fraction of sp³-hybridized carbons (Fsp3) is 0.533. The Morgan fingerprint density at radius 1 is 1.11 bits per heavy atom. The second-order valence-corrected chi connectivity index (χ2v) is 5.47. The van der Waals surface area contributed by atoms with Crippen molar-refractivity contribution < 1.29 is 9.90 Å². The number of nitrogens with zero attached hydrogens (tertiary/aromatic N) is 1. The smallest absolute Gasteiger partial charge is 0.308 e. The van der Waals surface area contributed by atoms with Crippen molar-refractivity contribution in [3.8, 4) is 0 Å². The quantitative estimate of drug-likeness (QED) is 0.870. The molecule has 2 atom stereocenters. The van der Waals surface area contributed by atoms with Crippen LogP contribution in [-0.2, 0) is 17.9 Å². The van der Waals surface area contributed by atoms with E-state index in [9.17, 15) is 9.90 Å². The highest BCUT2D eigenvalue weighted by atomic mass is 16.4. The van der Waals surface area contributed by atoms with E-state index >= 15 is 0 Å². The summed E-state index contributed by atoms with van der Waals surface area (Å²) in [7, 11) is 0. The average molecular weight is 245 g/mol. The summed E-state index contributed by atoms with van der Waals surface area (Å²) in [6.07, 6.45) is 4.10. The summed E-state index contributed by atoms with van der Waals surface area (Å²) in [5.41, 5.74) is 2.74. The molecule has 0 radical (unpaired) electrons. The Kier molecular flexibility index (Phi) is 3.08. The van der Waals surface area contributed by atoms with Crippen LogP contribution in [0, 0.1) is 5.92 Å². The molecule has 18 heavy (non-hydrogen) atoms. The Hall–Kier alpha value is -1.35. The van der Waals surface area contributed by atoms with Gasteiger partial charge in [0.15, 0.2) is 0 Å². The van der Waals surface area contributed by atoms with Gasteiger partial charge in [-0.25, -0.2) is 0 Å². The zero-order chi connectivity index (χ0) is 12.5. The minimum Gasteiger partial charge on any atom is -0.481 e. The lowest BCUT2D eigenvalue weighted by molar-refractivity contribution is -0.145. The molecule has 1 aliphatic carbocycles. The van der Waals surface area contributed by atoms with E-state index in [2.05, 4.69) is 29.2 Å². The number of fused-ring (bicyclic) bond motifs is 1. The van der Waals surface area contributed by atoms with Gasteiger partial charge in [-0.15, -0.1) is 0 Å². The van der Waals surface area contributed by atoms with Crippen LogP contribution in [0.5, 0.6) is 0 Å². The van der Waals surface area contributed by atoms with Gasteiger partial charge in [0.2, 0.25) is 0 Å². The molecule has 0 saturated heterocycles. The highest BCUT2D eigenvalue weighted by molar-refractivity contribution is 5.71. The number of aliphatic carboxylic acids is 1. The zero-order valence-corrected chi connectivity index (χ0v) is 10.5. The average Bonchev–Trinajstić information content (AvgIpc) is 2.82. The molecule has 96 valence electrons. The maximum atomic E-state index is 11.4. The Morgan fingerprint density at radius 3 is 2.33 bits per heavy atom. The topological polar surface area (TPSA) is 40.5 Å². The lowest BCUT2D eigenvalue weighted by Crippen LogP contribution is -2.42. The standard InChI is InChI=1S/C15H19NO2/c17-15(18)13-7-3-4-8-14(13)16-9-11-5-1-2-6-12(11)10-16/h1-2,5-6,13-14H,3-4,7-10H2,(H,17,18). The van der Waals surface area contributed by atoms with Crippen LogP contribution < -0.4 is 0 Å². The van der Waals surface area contributed by atoms with Gasteiger partial charge < -0.3 is 5.11 Å². The van der Waals surface area contributed by atoms with Gasteiger partial charge in [0.05, 0.1) is 5.92 Å². The van der Waals surface area contributed by atoms with Crippen molar-refractivity contribution in [2.75, 3.05) is 0 Å². The lowest BCUT2D eigenvalue weighted by Gasteiger charge is -2.35. The first-order chi connectivity index (χ1) is 8.75. The molecule has 2 aliphatic rings. The predicted molar refractivity (Wildman–Crippen MR) is 69.1 cm³/mol. The number of carboxylic acid groups (broad SMARTS) is 1. The molecule has 1 aromatic carbocycles. The fourth-order valence-electron chi connectivity index (χ4n) is 3.43. The molecule has 1 aliphatic heterocycles. The van der Waals surface area contributed by atoms with Crippen molar-refractivity contribution >= 4 is 5.97 Å². The van der Waals surface area contributed by atoms with Crippen molar-refractivity contribution in [3.63, 3.8) is 0 Å². The third-order valence-electron chi connectivity index (χ3n) is 4.38. The van der Waals surface area contributed by atoms with E-state index in [-0.39, 0.29) is 12.0 Å². The van der Waals surface area contributed by atoms with Gasteiger partial charge >= 0.3 is 5.97 Å². The molecule has 1 aromatic rings. The van der Waals surface area contributed by atoms with E-state index in [4.69, 9.17) is 0 Å². The normalized spacial score (nSPS) is 28.0. The summed E-state index contributed by atoms with van der Waals surface area (Å²) in [6, 6.07) is 8.68. The van der Waals surface area contributed by atoms with Crippen LogP contribution >= 0.6 is 0 Å². The van der Waals surface area contributed by atoms with Gasteiger partial charge in [-0.1, -0.05) is 37.1 Å². The number of hydrogen-bond donors (Lipinski definition) is 1. The molecule has 3 rings (SSSR count). The molecule has 3 nitrogen and oxygen atoms in total. The minimum atomic E-state index is -0.615. The summed E-state index contributed by atoms with van der Waals surface area (Å²) in [5, 5.41) is 9.36. The largest absolute Gasteiger partial charge is 0.481 e. The molecular weight excluding hydrogens is 226 g/mol. The second-order valence-electron chi connectivity index (χ2n) is 5.47. The Labute approximate surface area is 107 Å². The van der Waals surface area contributed by atoms with Crippen LogP contribution in [0.2, 0.25) is 0 Å². The van der Waals surface area contributed by atoms with Crippen LogP contribution in [0.4, 0.5) is 0 Å². The van der Waals surface area contributed by atoms with Crippen molar-refractivity contribution in [1.82, 2.24) is 4.90 Å². The van der Waals surface area contributed by atoms with Gasteiger partial charge in [0.1, 0.15) is 0 Å². The molecule has 0 amide bonds. The van der Waals surface area contributed by atoms with Crippen LogP contribution in [0.1, 0.15) is 36.8 Å². The minimum absolute atomic E-state index is 0.173. The highest BCUT2D eigenvalue weighted by Crippen LogP contribution is 2.34. The van der Waals surface area contributed by atoms with Crippen molar-refractivity contribution in [1.29, 1.82) is 0 Å². The Bertz CT molecular complexity index is 433. The Morgan fingerprint density at radius 2 is 1.72 bits per heavy atom. The summed E-state index contributed by atoms with van der Waals surface area (Å²) in [4.78, 5) is 13.7. The van der Waals surface area contributed by atoms with E-state index in [0.29, 0.717) is 0 Å². The maximum absolute atomic E-state index is 11.4. The molecule has 1 N–H and O–H groups in total. The van der Waals surface area contributed by atoms with Gasteiger partial charge in [0, 0.05) is 19.1 Å². The number of carboxylic acids is 1. The predicted octanol–water partition coefficient (Wildman–Crippen LogP) is 2.65. The van der Waals surface area contributed by atoms with E-state index in [0.717, 1.165) is 32.4 Å². The molecule has 1 saturated carbocycles. The van der Waals surface area contributed by atoms with Gasteiger partial charge in [-0.05, 0) is 24.0 Å². The third kappa shape index (κ3) is 2.03. The number of rotatable bonds is 2. The fourth-order valence-corrected chi connectivity index (χ4v) is 3.43. The molecule has 1 heterocycles. The van der Waals surface area contributed by atoms with E-state index in [1.165, 1.54) is 17.5 Å². The van der Waals surface area contributed by atoms with E-state index in [1.807, 2.05) is 0 Å². The van der Waals surface area contributed by atoms with E-state index < -0.39 is 5.97 Å². The van der Waals surface area contributed by atoms with Crippen molar-refractivity contribution in [2.45, 2.75) is 44.8 Å². The van der Waals surface area contributed by atoms with Crippen LogP contribution in [0.25, 0.3) is 0 Å². The molecule has 1 fully saturated rings. The van der Waals surface area contributed by atoms with Crippen LogP contribution in [0.3, 0.4) is 0 Å². The zero-order valence-electron chi connectivity index (χ0n) is 10.5. The Balaban J connectivity index is 1.78.